The molecular formula is C14H13BrFNO2. The van der Waals surface area contributed by atoms with Gasteiger partial charge in [-0.05, 0) is 46.3 Å². The monoisotopic (exact) mass is 325 g/mol. The minimum absolute atomic E-state index is 0.160. The van der Waals surface area contributed by atoms with Gasteiger partial charge in [-0.15, -0.1) is 0 Å². The molecule has 0 aliphatic carbocycles. The third kappa shape index (κ3) is 3.38. The molecule has 2 N–H and O–H groups in total. The second-order valence-corrected chi connectivity index (χ2v) is 4.83. The molecule has 0 amide bonds. The van der Waals surface area contributed by atoms with Crippen molar-refractivity contribution in [1.82, 2.24) is 0 Å². The maximum absolute atomic E-state index is 13.1. The molecule has 0 fully saturated rings. The van der Waals surface area contributed by atoms with Crippen LogP contribution in [0, 0.1) is 5.82 Å². The number of hydrogen-bond donors (Lipinski definition) is 2. The quantitative estimate of drug-likeness (QED) is 0.895. The number of phenols is 1. The number of aromatic hydroxyl groups is 1. The van der Waals surface area contributed by atoms with Crippen LogP contribution in [0.5, 0.6) is 11.5 Å². The number of halogens is 2. The Balaban J connectivity index is 2.07. The number of rotatable bonds is 4. The number of methoxy groups -OCH3 is 1. The van der Waals surface area contributed by atoms with E-state index in [0.29, 0.717) is 16.8 Å². The summed E-state index contributed by atoms with van der Waals surface area (Å²) in [6.45, 7) is 0.438. The molecule has 0 aromatic heterocycles. The fourth-order valence-corrected chi connectivity index (χ4v) is 2.00. The summed E-state index contributed by atoms with van der Waals surface area (Å²) < 4.78 is 18.5. The van der Waals surface area contributed by atoms with Crippen molar-refractivity contribution in [3.63, 3.8) is 0 Å². The second kappa shape index (κ2) is 5.93. The van der Waals surface area contributed by atoms with Gasteiger partial charge in [0.1, 0.15) is 17.3 Å². The van der Waals surface area contributed by atoms with Gasteiger partial charge in [0.2, 0.25) is 0 Å². The molecule has 5 heteroatoms. The first kappa shape index (κ1) is 13.7. The van der Waals surface area contributed by atoms with Crippen molar-refractivity contribution in [3.8, 4) is 11.5 Å². The third-order valence-corrected chi connectivity index (χ3v) is 3.30. The first-order valence-corrected chi connectivity index (χ1v) is 6.44. The van der Waals surface area contributed by atoms with E-state index < -0.39 is 0 Å². The summed E-state index contributed by atoms with van der Waals surface area (Å²) >= 11 is 3.12. The highest BCUT2D eigenvalue weighted by atomic mass is 79.9. The summed E-state index contributed by atoms with van der Waals surface area (Å²) in [4.78, 5) is 0. The number of anilines is 1. The van der Waals surface area contributed by atoms with Crippen LogP contribution in [0.25, 0.3) is 0 Å². The molecule has 0 aliphatic heterocycles. The minimum atomic E-state index is -0.308. The Morgan fingerprint density at radius 1 is 1.26 bits per heavy atom. The lowest BCUT2D eigenvalue weighted by Crippen LogP contribution is -2.00. The molecule has 0 bridgehead atoms. The zero-order valence-corrected chi connectivity index (χ0v) is 11.9. The Hall–Kier alpha value is -1.75. The number of ether oxygens (including phenoxy) is 1. The molecule has 0 aliphatic rings. The van der Waals surface area contributed by atoms with Gasteiger partial charge in [0.25, 0.3) is 0 Å². The van der Waals surface area contributed by atoms with Gasteiger partial charge in [0.15, 0.2) is 0 Å². The topological polar surface area (TPSA) is 41.5 Å². The van der Waals surface area contributed by atoms with E-state index in [1.165, 1.54) is 6.07 Å². The van der Waals surface area contributed by atoms with Crippen LogP contribution in [0.4, 0.5) is 10.1 Å². The molecule has 0 unspecified atom stereocenters. The summed E-state index contributed by atoms with van der Waals surface area (Å²) in [7, 11) is 1.54. The average molecular weight is 326 g/mol. The average Bonchev–Trinajstić information content (AvgIpc) is 2.41. The van der Waals surface area contributed by atoms with E-state index in [4.69, 9.17) is 4.74 Å². The molecule has 19 heavy (non-hydrogen) atoms. The minimum Gasteiger partial charge on any atom is -0.507 e. The lowest BCUT2D eigenvalue weighted by Gasteiger charge is -2.10. The predicted molar refractivity (Wildman–Crippen MR) is 76.1 cm³/mol. The largest absolute Gasteiger partial charge is 0.507 e. The highest BCUT2D eigenvalue weighted by Gasteiger charge is 2.04. The smallest absolute Gasteiger partial charge is 0.137 e. The Morgan fingerprint density at radius 3 is 2.68 bits per heavy atom. The first-order valence-electron chi connectivity index (χ1n) is 5.65. The van der Waals surface area contributed by atoms with Crippen molar-refractivity contribution < 1.29 is 14.2 Å². The van der Waals surface area contributed by atoms with E-state index in [2.05, 4.69) is 21.2 Å². The summed E-state index contributed by atoms with van der Waals surface area (Å²) in [6, 6.07) is 9.77. The fraction of sp³-hybridized carbons (Fsp3) is 0.143. The molecular weight excluding hydrogens is 313 g/mol. The van der Waals surface area contributed by atoms with Crippen LogP contribution >= 0.6 is 15.9 Å². The summed E-state index contributed by atoms with van der Waals surface area (Å²) in [5.74, 6) is 0.455. The Bertz CT molecular complexity index is 590. The SMILES string of the molecule is COc1ccc(CNc2ccc(F)c(Br)c2)c(O)c1. The fourth-order valence-electron chi connectivity index (χ4n) is 1.62. The van der Waals surface area contributed by atoms with Gasteiger partial charge in [-0.25, -0.2) is 4.39 Å². The van der Waals surface area contributed by atoms with Crippen molar-refractivity contribution >= 4 is 21.6 Å². The van der Waals surface area contributed by atoms with Crippen LogP contribution in [0.15, 0.2) is 40.9 Å². The first-order chi connectivity index (χ1) is 9.10. The van der Waals surface area contributed by atoms with Crippen LogP contribution in [0.2, 0.25) is 0 Å². The lowest BCUT2D eigenvalue weighted by atomic mass is 10.2. The Kier molecular flexibility index (Phi) is 4.27. The van der Waals surface area contributed by atoms with E-state index in [-0.39, 0.29) is 11.6 Å². The standard InChI is InChI=1S/C14H13BrFNO2/c1-19-11-4-2-9(14(18)7-11)8-17-10-3-5-13(16)12(15)6-10/h2-7,17-18H,8H2,1H3. The van der Waals surface area contributed by atoms with Crippen LogP contribution < -0.4 is 10.1 Å². The molecule has 0 spiro atoms. The highest BCUT2D eigenvalue weighted by molar-refractivity contribution is 9.10. The molecule has 3 nitrogen and oxygen atoms in total. The van der Waals surface area contributed by atoms with Gasteiger partial charge in [-0.2, -0.15) is 0 Å². The molecule has 0 saturated carbocycles. The zero-order valence-electron chi connectivity index (χ0n) is 10.3. The number of nitrogens with one attached hydrogen (secondary N) is 1. The van der Waals surface area contributed by atoms with Crippen molar-refractivity contribution in [2.75, 3.05) is 12.4 Å². The highest BCUT2D eigenvalue weighted by Crippen LogP contribution is 2.25. The number of phenolic OH excluding ortho intramolecular Hbond substituents is 1. The Morgan fingerprint density at radius 2 is 2.05 bits per heavy atom. The van der Waals surface area contributed by atoms with Crippen molar-refractivity contribution in [3.05, 3.63) is 52.3 Å². The zero-order chi connectivity index (χ0) is 13.8. The van der Waals surface area contributed by atoms with E-state index in [0.717, 1.165) is 11.3 Å². The number of hydrogen-bond acceptors (Lipinski definition) is 3. The second-order valence-electron chi connectivity index (χ2n) is 3.98. The maximum Gasteiger partial charge on any atom is 0.137 e. The van der Waals surface area contributed by atoms with Crippen molar-refractivity contribution in [2.24, 2.45) is 0 Å². The van der Waals surface area contributed by atoms with Gasteiger partial charge in [0.05, 0.1) is 11.6 Å². The number of benzene rings is 2. The van der Waals surface area contributed by atoms with Gasteiger partial charge in [0, 0.05) is 23.9 Å². The maximum atomic E-state index is 13.1. The summed E-state index contributed by atoms with van der Waals surface area (Å²) in [5.41, 5.74) is 1.50. The molecule has 0 atom stereocenters. The van der Waals surface area contributed by atoms with Gasteiger partial charge in [-0.3, -0.25) is 0 Å². The molecule has 2 aromatic carbocycles. The van der Waals surface area contributed by atoms with Crippen LogP contribution in [-0.4, -0.2) is 12.2 Å². The van der Waals surface area contributed by atoms with Gasteiger partial charge >= 0.3 is 0 Å². The lowest BCUT2D eigenvalue weighted by molar-refractivity contribution is 0.406. The van der Waals surface area contributed by atoms with Crippen LogP contribution in [-0.2, 0) is 6.54 Å². The molecule has 2 aromatic rings. The van der Waals surface area contributed by atoms with E-state index in [1.54, 1.807) is 37.4 Å². The summed E-state index contributed by atoms with van der Waals surface area (Å²) in [5, 5.41) is 12.9. The van der Waals surface area contributed by atoms with E-state index >= 15 is 0 Å². The molecule has 0 saturated heterocycles. The van der Waals surface area contributed by atoms with Crippen LogP contribution in [0.1, 0.15) is 5.56 Å². The molecule has 2 rings (SSSR count). The Labute approximate surface area is 119 Å². The molecule has 100 valence electrons. The third-order valence-electron chi connectivity index (χ3n) is 2.70. The van der Waals surface area contributed by atoms with E-state index in [1.807, 2.05) is 0 Å². The van der Waals surface area contributed by atoms with Crippen molar-refractivity contribution in [1.29, 1.82) is 0 Å². The van der Waals surface area contributed by atoms with Gasteiger partial charge < -0.3 is 15.2 Å². The van der Waals surface area contributed by atoms with Gasteiger partial charge in [-0.1, -0.05) is 0 Å². The molecule has 0 heterocycles. The van der Waals surface area contributed by atoms with Crippen LogP contribution in [0.3, 0.4) is 0 Å². The normalized spacial score (nSPS) is 10.3. The summed E-state index contributed by atoms with van der Waals surface area (Å²) in [6.07, 6.45) is 0. The van der Waals surface area contributed by atoms with E-state index in [9.17, 15) is 9.50 Å². The predicted octanol–water partition coefficient (Wildman–Crippen LogP) is 3.91. The molecule has 0 radical (unpaired) electrons. The van der Waals surface area contributed by atoms with Crippen molar-refractivity contribution in [2.45, 2.75) is 6.54 Å².